The topological polar surface area (TPSA) is 74.8 Å². The Morgan fingerprint density at radius 1 is 1.08 bits per heavy atom. The summed E-state index contributed by atoms with van der Waals surface area (Å²) in [6.45, 7) is 3.78. The molecule has 1 saturated heterocycles. The molecule has 3 rings (SSSR count). The minimum absolute atomic E-state index is 0.0470. The number of carbonyl (C=O) groups is 2. The highest BCUT2D eigenvalue weighted by Crippen LogP contribution is 2.21. The number of carbonyl (C=O) groups excluding carboxylic acids is 2. The van der Waals surface area contributed by atoms with Gasteiger partial charge in [-0.25, -0.2) is 4.98 Å². The van der Waals surface area contributed by atoms with Crippen molar-refractivity contribution in [3.63, 3.8) is 0 Å². The van der Waals surface area contributed by atoms with Crippen molar-refractivity contribution in [1.29, 1.82) is 0 Å². The molecule has 1 N–H and O–H groups in total. The van der Waals surface area contributed by atoms with Gasteiger partial charge in [0.25, 0.3) is 5.91 Å². The molecule has 2 heterocycles. The summed E-state index contributed by atoms with van der Waals surface area (Å²) in [7, 11) is 1.61. The van der Waals surface area contributed by atoms with Crippen LogP contribution in [0.3, 0.4) is 0 Å². The van der Waals surface area contributed by atoms with Crippen LogP contribution in [0.2, 0.25) is 0 Å². The molecule has 7 nitrogen and oxygen atoms in total. The normalized spacial score (nSPS) is 14.1. The van der Waals surface area contributed by atoms with Crippen LogP contribution >= 0.6 is 0 Å². The van der Waals surface area contributed by atoms with E-state index >= 15 is 0 Å². The van der Waals surface area contributed by atoms with Gasteiger partial charge in [-0.05, 0) is 24.3 Å². The van der Waals surface area contributed by atoms with Gasteiger partial charge in [0.15, 0.2) is 0 Å². The average molecular weight is 354 g/mol. The zero-order valence-corrected chi connectivity index (χ0v) is 14.9. The predicted octanol–water partition coefficient (Wildman–Crippen LogP) is 2.14. The van der Waals surface area contributed by atoms with Gasteiger partial charge in [-0.2, -0.15) is 0 Å². The summed E-state index contributed by atoms with van der Waals surface area (Å²) >= 11 is 0. The van der Waals surface area contributed by atoms with Crippen LogP contribution in [-0.2, 0) is 4.79 Å². The largest absolute Gasteiger partial charge is 0.497 e. The van der Waals surface area contributed by atoms with Crippen molar-refractivity contribution < 1.29 is 14.3 Å². The second-order valence-electron chi connectivity index (χ2n) is 6.08. The molecular weight excluding hydrogens is 332 g/mol. The Morgan fingerprint density at radius 2 is 1.81 bits per heavy atom. The van der Waals surface area contributed by atoms with Crippen LogP contribution in [0, 0.1) is 0 Å². The zero-order valence-electron chi connectivity index (χ0n) is 14.9. The molecule has 1 aliphatic heterocycles. The van der Waals surface area contributed by atoms with Gasteiger partial charge < -0.3 is 19.9 Å². The van der Waals surface area contributed by atoms with Crippen LogP contribution in [0.4, 0.5) is 11.5 Å². The van der Waals surface area contributed by atoms with Crippen molar-refractivity contribution in [3.8, 4) is 5.75 Å². The average Bonchev–Trinajstić information content (AvgIpc) is 2.68. The number of benzene rings is 1. The number of hydrogen-bond acceptors (Lipinski definition) is 5. The van der Waals surface area contributed by atoms with E-state index in [2.05, 4.69) is 10.3 Å². The number of hydrogen-bond donors (Lipinski definition) is 1. The lowest BCUT2D eigenvalue weighted by atomic mass is 10.2. The lowest BCUT2D eigenvalue weighted by Gasteiger charge is -2.34. The fourth-order valence-electron chi connectivity index (χ4n) is 2.89. The molecule has 1 aliphatic rings. The summed E-state index contributed by atoms with van der Waals surface area (Å²) in [5.41, 5.74) is 1.40. The van der Waals surface area contributed by atoms with Crippen molar-refractivity contribution in [3.05, 3.63) is 48.2 Å². The minimum atomic E-state index is -0.0516. The number of ether oxygens (including phenoxy) is 1. The smallest absolute Gasteiger partial charge is 0.254 e. The van der Waals surface area contributed by atoms with Crippen molar-refractivity contribution in [2.75, 3.05) is 38.6 Å². The lowest BCUT2D eigenvalue weighted by Crippen LogP contribution is -2.50. The number of anilines is 2. The van der Waals surface area contributed by atoms with E-state index in [0.717, 1.165) is 11.4 Å². The number of nitrogens with one attached hydrogen (secondary N) is 1. The fraction of sp³-hybridized carbons (Fsp3) is 0.316. The van der Waals surface area contributed by atoms with E-state index < -0.39 is 0 Å². The van der Waals surface area contributed by atoms with Crippen LogP contribution in [0.25, 0.3) is 0 Å². The predicted molar refractivity (Wildman–Crippen MR) is 98.7 cm³/mol. The van der Waals surface area contributed by atoms with Gasteiger partial charge >= 0.3 is 0 Å². The molecule has 0 bridgehead atoms. The van der Waals surface area contributed by atoms with Gasteiger partial charge in [-0.15, -0.1) is 0 Å². The van der Waals surface area contributed by atoms with Crippen LogP contribution in [0.1, 0.15) is 17.3 Å². The first-order chi connectivity index (χ1) is 12.6. The second kappa shape index (κ2) is 7.86. The maximum absolute atomic E-state index is 12.7. The highest BCUT2D eigenvalue weighted by Gasteiger charge is 2.23. The Bertz CT molecular complexity index is 801. The molecule has 0 atom stereocenters. The molecule has 0 aliphatic carbocycles. The fourth-order valence-corrected chi connectivity index (χ4v) is 2.89. The third kappa shape index (κ3) is 4.11. The minimum Gasteiger partial charge on any atom is -0.497 e. The number of nitrogens with zero attached hydrogens (tertiary/aromatic N) is 3. The zero-order chi connectivity index (χ0) is 18.5. The maximum Gasteiger partial charge on any atom is 0.254 e. The molecule has 1 fully saturated rings. The highest BCUT2D eigenvalue weighted by atomic mass is 16.5. The molecule has 0 radical (unpaired) electrons. The Kier molecular flexibility index (Phi) is 5.36. The van der Waals surface area contributed by atoms with Gasteiger partial charge in [0, 0.05) is 56.6 Å². The Balaban J connectivity index is 1.69. The lowest BCUT2D eigenvalue weighted by molar-refractivity contribution is -0.130. The van der Waals surface area contributed by atoms with Gasteiger partial charge in [0.1, 0.15) is 11.6 Å². The van der Waals surface area contributed by atoms with Crippen LogP contribution in [0.15, 0.2) is 42.6 Å². The number of pyridine rings is 1. The Morgan fingerprint density at radius 3 is 2.50 bits per heavy atom. The van der Waals surface area contributed by atoms with Crippen molar-refractivity contribution in [2.45, 2.75) is 6.92 Å². The third-order valence-corrected chi connectivity index (χ3v) is 4.36. The SMILES string of the molecule is COc1cccc(Nc2cc(C(=O)N3CCN(C(C)=O)CC3)ccn2)c1. The van der Waals surface area contributed by atoms with Crippen LogP contribution < -0.4 is 10.1 Å². The van der Waals surface area contributed by atoms with E-state index in [-0.39, 0.29) is 11.8 Å². The number of piperazine rings is 1. The first-order valence-corrected chi connectivity index (χ1v) is 8.49. The first-order valence-electron chi connectivity index (χ1n) is 8.49. The summed E-state index contributed by atoms with van der Waals surface area (Å²) in [5.74, 6) is 1.33. The number of rotatable bonds is 4. The van der Waals surface area contributed by atoms with Gasteiger partial charge in [0.2, 0.25) is 5.91 Å². The number of aromatic nitrogens is 1. The molecule has 0 saturated carbocycles. The molecule has 1 aromatic heterocycles. The van der Waals surface area contributed by atoms with E-state index in [9.17, 15) is 9.59 Å². The summed E-state index contributed by atoms with van der Waals surface area (Å²) in [5, 5.41) is 3.18. The number of amides is 2. The van der Waals surface area contributed by atoms with Crippen LogP contribution in [0.5, 0.6) is 5.75 Å². The van der Waals surface area contributed by atoms with E-state index in [1.807, 2.05) is 24.3 Å². The quantitative estimate of drug-likeness (QED) is 0.910. The van der Waals surface area contributed by atoms with E-state index in [4.69, 9.17) is 4.74 Å². The molecule has 7 heteroatoms. The summed E-state index contributed by atoms with van der Waals surface area (Å²) in [6.07, 6.45) is 1.61. The van der Waals surface area contributed by atoms with E-state index in [1.165, 1.54) is 0 Å². The maximum atomic E-state index is 12.7. The third-order valence-electron chi connectivity index (χ3n) is 4.36. The molecule has 2 aromatic rings. The molecule has 0 unspecified atom stereocenters. The van der Waals surface area contributed by atoms with Gasteiger partial charge in [0.05, 0.1) is 7.11 Å². The Labute approximate surface area is 152 Å². The highest BCUT2D eigenvalue weighted by molar-refractivity contribution is 5.95. The summed E-state index contributed by atoms with van der Waals surface area (Å²) in [6, 6.07) is 10.9. The summed E-state index contributed by atoms with van der Waals surface area (Å²) in [4.78, 5) is 31.9. The van der Waals surface area contributed by atoms with Gasteiger partial charge in [-0.3, -0.25) is 9.59 Å². The molecule has 26 heavy (non-hydrogen) atoms. The standard InChI is InChI=1S/C19H22N4O3/c1-14(24)22-8-10-23(11-9-22)19(25)15-6-7-20-18(12-15)21-16-4-3-5-17(13-16)26-2/h3-7,12-13H,8-11H2,1-2H3,(H,20,21). The molecule has 136 valence electrons. The molecule has 0 spiro atoms. The Hall–Kier alpha value is -3.09. The summed E-state index contributed by atoms with van der Waals surface area (Å²) < 4.78 is 5.21. The molecular formula is C19H22N4O3. The van der Waals surface area contributed by atoms with E-state index in [0.29, 0.717) is 37.6 Å². The second-order valence-corrected chi connectivity index (χ2v) is 6.08. The van der Waals surface area contributed by atoms with Crippen LogP contribution in [-0.4, -0.2) is 59.9 Å². The first kappa shape index (κ1) is 17.7. The van der Waals surface area contributed by atoms with Gasteiger partial charge in [-0.1, -0.05) is 6.07 Å². The van der Waals surface area contributed by atoms with E-state index in [1.54, 1.807) is 42.2 Å². The van der Waals surface area contributed by atoms with Crippen molar-refractivity contribution >= 4 is 23.3 Å². The van der Waals surface area contributed by atoms with Crippen molar-refractivity contribution in [2.24, 2.45) is 0 Å². The monoisotopic (exact) mass is 354 g/mol. The molecule has 1 aromatic carbocycles. The molecule has 2 amide bonds. The number of methoxy groups -OCH3 is 1. The van der Waals surface area contributed by atoms with Crippen molar-refractivity contribution in [1.82, 2.24) is 14.8 Å².